The first-order valence-corrected chi connectivity index (χ1v) is 5.37. The van der Waals surface area contributed by atoms with E-state index in [1.54, 1.807) is 0 Å². The van der Waals surface area contributed by atoms with Gasteiger partial charge in [0.1, 0.15) is 6.04 Å². The molecule has 106 valence electrons. The number of hydrogen-bond donors (Lipinski definition) is 3. The second-order valence-corrected chi connectivity index (χ2v) is 3.84. The van der Waals surface area contributed by atoms with Gasteiger partial charge in [-0.2, -0.15) is 0 Å². The van der Waals surface area contributed by atoms with E-state index >= 15 is 0 Å². The maximum atomic E-state index is 11.8. The summed E-state index contributed by atoms with van der Waals surface area (Å²) in [5.41, 5.74) is 4.47. The second kappa shape index (κ2) is 6.27. The lowest BCUT2D eigenvalue weighted by Crippen LogP contribution is -2.43. The lowest BCUT2D eigenvalue weighted by molar-refractivity contribution is -0.384. The zero-order valence-corrected chi connectivity index (χ0v) is 10.1. The van der Waals surface area contributed by atoms with Crippen LogP contribution in [-0.4, -0.2) is 33.9 Å². The number of benzene rings is 1. The van der Waals surface area contributed by atoms with Gasteiger partial charge in [0.25, 0.3) is 11.6 Å². The number of carboxylic acid groups (broad SMARTS) is 1. The van der Waals surface area contributed by atoms with Crippen LogP contribution >= 0.6 is 0 Å². The molecule has 1 rings (SSSR count). The number of nitrogens with one attached hydrogen (secondary N) is 1. The van der Waals surface area contributed by atoms with Crippen molar-refractivity contribution >= 4 is 23.5 Å². The number of amides is 2. The Hall–Kier alpha value is -2.97. The predicted octanol–water partition coefficient (Wildman–Crippen LogP) is -0.347. The Bertz CT molecular complexity index is 571. The Labute approximate surface area is 112 Å². The van der Waals surface area contributed by atoms with E-state index < -0.39 is 35.2 Å². The molecule has 0 heterocycles. The van der Waals surface area contributed by atoms with Crippen LogP contribution in [0.4, 0.5) is 5.69 Å². The van der Waals surface area contributed by atoms with Crippen LogP contribution in [0.5, 0.6) is 0 Å². The van der Waals surface area contributed by atoms with E-state index in [9.17, 15) is 24.5 Å². The third kappa shape index (κ3) is 4.05. The number of rotatable bonds is 6. The maximum absolute atomic E-state index is 11.8. The van der Waals surface area contributed by atoms with Gasteiger partial charge in [-0.05, 0) is 6.07 Å². The van der Waals surface area contributed by atoms with Gasteiger partial charge in [0, 0.05) is 17.7 Å². The number of carbonyl (C=O) groups is 3. The topological polar surface area (TPSA) is 153 Å². The summed E-state index contributed by atoms with van der Waals surface area (Å²) in [6, 6.07) is 3.27. The van der Waals surface area contributed by atoms with E-state index in [0.717, 1.165) is 6.07 Å². The molecule has 0 saturated heterocycles. The molecule has 0 aliphatic carbocycles. The van der Waals surface area contributed by atoms with Crippen LogP contribution in [0.25, 0.3) is 0 Å². The highest BCUT2D eigenvalue weighted by molar-refractivity contribution is 5.98. The molecule has 0 aliphatic heterocycles. The van der Waals surface area contributed by atoms with Crippen LogP contribution in [0.3, 0.4) is 0 Å². The van der Waals surface area contributed by atoms with Gasteiger partial charge in [-0.1, -0.05) is 6.07 Å². The van der Waals surface area contributed by atoms with Gasteiger partial charge in [-0.15, -0.1) is 0 Å². The third-order valence-corrected chi connectivity index (χ3v) is 2.33. The summed E-state index contributed by atoms with van der Waals surface area (Å²) in [6.07, 6.45) is -0.573. The third-order valence-electron chi connectivity index (χ3n) is 2.33. The minimum Gasteiger partial charge on any atom is -0.480 e. The van der Waals surface area contributed by atoms with Crippen molar-refractivity contribution in [3.63, 3.8) is 0 Å². The van der Waals surface area contributed by atoms with Gasteiger partial charge in [-0.25, -0.2) is 4.79 Å². The summed E-state index contributed by atoms with van der Waals surface area (Å²) < 4.78 is 0. The number of non-ortho nitro benzene ring substituents is 1. The molecule has 9 nitrogen and oxygen atoms in total. The quantitative estimate of drug-likeness (QED) is 0.478. The molecule has 0 aliphatic rings. The summed E-state index contributed by atoms with van der Waals surface area (Å²) in [7, 11) is 0. The predicted molar refractivity (Wildman–Crippen MR) is 65.8 cm³/mol. The molecular weight excluding hydrogens is 270 g/mol. The van der Waals surface area contributed by atoms with Crippen LogP contribution in [-0.2, 0) is 9.59 Å². The average Bonchev–Trinajstić information content (AvgIpc) is 2.37. The fourth-order valence-electron chi connectivity index (χ4n) is 1.40. The second-order valence-electron chi connectivity index (χ2n) is 3.84. The molecule has 1 atom stereocenters. The molecule has 2 amide bonds. The molecule has 0 fully saturated rings. The van der Waals surface area contributed by atoms with Crippen molar-refractivity contribution in [1.29, 1.82) is 0 Å². The number of aliphatic carboxylic acids is 1. The average molecular weight is 281 g/mol. The lowest BCUT2D eigenvalue weighted by atomic mass is 10.1. The largest absolute Gasteiger partial charge is 0.480 e. The smallest absolute Gasteiger partial charge is 0.326 e. The van der Waals surface area contributed by atoms with Crippen molar-refractivity contribution in [2.24, 2.45) is 5.73 Å². The lowest BCUT2D eigenvalue weighted by Gasteiger charge is -2.12. The highest BCUT2D eigenvalue weighted by Gasteiger charge is 2.23. The number of hydrogen-bond acceptors (Lipinski definition) is 5. The first kappa shape index (κ1) is 15.1. The van der Waals surface area contributed by atoms with Crippen molar-refractivity contribution < 1.29 is 24.4 Å². The van der Waals surface area contributed by atoms with Crippen molar-refractivity contribution in [2.45, 2.75) is 12.5 Å². The summed E-state index contributed by atoms with van der Waals surface area (Å²) in [5, 5.41) is 21.5. The van der Waals surface area contributed by atoms with Crippen LogP contribution in [0.2, 0.25) is 0 Å². The molecule has 1 unspecified atom stereocenters. The first-order chi connectivity index (χ1) is 9.31. The first-order valence-electron chi connectivity index (χ1n) is 5.37. The summed E-state index contributed by atoms with van der Waals surface area (Å²) in [4.78, 5) is 43.2. The van der Waals surface area contributed by atoms with Crippen molar-refractivity contribution in [3.8, 4) is 0 Å². The molecular formula is C11H11N3O6. The maximum Gasteiger partial charge on any atom is 0.326 e. The number of nitro benzene ring substituents is 1. The zero-order valence-electron chi connectivity index (χ0n) is 10.1. The number of primary amides is 1. The summed E-state index contributed by atoms with van der Waals surface area (Å²) in [5.74, 6) is -3.17. The van der Waals surface area contributed by atoms with Gasteiger partial charge < -0.3 is 16.2 Å². The SMILES string of the molecule is NC(=O)CC(NC(=O)c1cccc([N+](=O)[O-])c1)C(=O)O. The van der Waals surface area contributed by atoms with E-state index in [4.69, 9.17) is 10.8 Å². The van der Waals surface area contributed by atoms with Gasteiger partial charge in [-0.3, -0.25) is 19.7 Å². The Morgan fingerprint density at radius 2 is 2.05 bits per heavy atom. The number of carbonyl (C=O) groups excluding carboxylic acids is 2. The monoisotopic (exact) mass is 281 g/mol. The molecule has 9 heteroatoms. The Morgan fingerprint density at radius 1 is 1.40 bits per heavy atom. The molecule has 0 radical (unpaired) electrons. The van der Waals surface area contributed by atoms with E-state index in [1.165, 1.54) is 18.2 Å². The van der Waals surface area contributed by atoms with Crippen LogP contribution in [0.1, 0.15) is 16.8 Å². The van der Waals surface area contributed by atoms with Crippen LogP contribution < -0.4 is 11.1 Å². The highest BCUT2D eigenvalue weighted by atomic mass is 16.6. The van der Waals surface area contributed by atoms with Crippen molar-refractivity contribution in [2.75, 3.05) is 0 Å². The van der Waals surface area contributed by atoms with Crippen molar-refractivity contribution in [3.05, 3.63) is 39.9 Å². The fourth-order valence-corrected chi connectivity index (χ4v) is 1.40. The van der Waals surface area contributed by atoms with Crippen LogP contribution in [0.15, 0.2) is 24.3 Å². The fraction of sp³-hybridized carbons (Fsp3) is 0.182. The summed E-state index contributed by atoms with van der Waals surface area (Å²) >= 11 is 0. The Balaban J connectivity index is 2.88. The van der Waals surface area contributed by atoms with Crippen molar-refractivity contribution in [1.82, 2.24) is 5.32 Å². The molecule has 0 bridgehead atoms. The molecule has 4 N–H and O–H groups in total. The van der Waals surface area contributed by atoms with Gasteiger partial charge >= 0.3 is 5.97 Å². The van der Waals surface area contributed by atoms with E-state index in [0.29, 0.717) is 0 Å². The Morgan fingerprint density at radius 3 is 2.55 bits per heavy atom. The number of nitrogens with zero attached hydrogens (tertiary/aromatic N) is 1. The standard InChI is InChI=1S/C11H11N3O6/c12-9(15)5-8(11(17)18)13-10(16)6-2-1-3-7(4-6)14(19)20/h1-4,8H,5H2,(H2,12,15)(H,13,16)(H,17,18). The number of nitro groups is 1. The molecule has 1 aromatic rings. The summed E-state index contributed by atoms with van der Waals surface area (Å²) in [6.45, 7) is 0. The van der Waals surface area contributed by atoms with E-state index in [2.05, 4.69) is 5.32 Å². The van der Waals surface area contributed by atoms with Gasteiger partial charge in [0.15, 0.2) is 0 Å². The Kier molecular flexibility index (Phi) is 4.73. The zero-order chi connectivity index (χ0) is 15.3. The highest BCUT2D eigenvalue weighted by Crippen LogP contribution is 2.13. The number of carboxylic acids is 1. The molecule has 0 spiro atoms. The molecule has 0 aromatic heterocycles. The van der Waals surface area contributed by atoms with E-state index in [1.807, 2.05) is 0 Å². The molecule has 0 saturated carbocycles. The van der Waals surface area contributed by atoms with Gasteiger partial charge in [0.2, 0.25) is 5.91 Å². The van der Waals surface area contributed by atoms with Crippen LogP contribution in [0, 0.1) is 10.1 Å². The minimum absolute atomic E-state index is 0.0880. The minimum atomic E-state index is -1.49. The van der Waals surface area contributed by atoms with Gasteiger partial charge in [0.05, 0.1) is 11.3 Å². The number of nitrogens with two attached hydrogens (primary N) is 1. The normalized spacial score (nSPS) is 11.4. The molecule has 1 aromatic carbocycles. The van der Waals surface area contributed by atoms with E-state index in [-0.39, 0.29) is 11.3 Å². The molecule has 20 heavy (non-hydrogen) atoms.